The van der Waals surface area contributed by atoms with Gasteiger partial charge in [0.05, 0.1) is 31.5 Å². The van der Waals surface area contributed by atoms with Gasteiger partial charge < -0.3 is 68.2 Å². The number of amides is 1. The molecule has 0 aliphatic carbocycles. The van der Waals surface area contributed by atoms with Gasteiger partial charge in [-0.3, -0.25) is 14.5 Å². The van der Waals surface area contributed by atoms with E-state index >= 15 is 4.39 Å². The summed E-state index contributed by atoms with van der Waals surface area (Å²) in [6.07, 6.45) is 5.40. The third-order valence-corrected chi connectivity index (χ3v) is 14.4. The minimum atomic E-state index is -1.25. The van der Waals surface area contributed by atoms with E-state index in [0.717, 1.165) is 43.6 Å². The fourth-order valence-electron chi connectivity index (χ4n) is 9.87. The Balaban J connectivity index is 0.00000946. The summed E-state index contributed by atoms with van der Waals surface area (Å²) in [6.45, 7) is 8.41. The Morgan fingerprint density at radius 2 is 1.60 bits per heavy atom. The Labute approximate surface area is 473 Å². The van der Waals surface area contributed by atoms with Gasteiger partial charge >= 0.3 is 23.7 Å². The molecule has 23 nitrogen and oxygen atoms in total. The van der Waals surface area contributed by atoms with Crippen LogP contribution in [0.25, 0.3) is 5.69 Å². The van der Waals surface area contributed by atoms with E-state index in [1.807, 2.05) is 55.5 Å². The Morgan fingerprint density at radius 3 is 2.26 bits per heavy atom. The van der Waals surface area contributed by atoms with Crippen molar-refractivity contribution in [1.82, 2.24) is 29.1 Å². The number of hydrogen-bond donors (Lipinski definition) is 4. The Hall–Kier alpha value is -7.55. The standard InChI is InChI=1S/C55H70F2N13O10.ClH/c1-5-49(36(2)79-52(73)48(60)28-71)70-53(74)69(34-63-70)43-13-11-41(12-14-43)65-22-24-66(25-23-65)42-15-17-44(18-16-42)76-29-38-27-55(78-30-38,45-19-10-40(56)26-46(45)57)32-68-35-67(33-62-68)37(3)80-54(75)64(4)50-39(8-7-21-61-50)31-77-51(72)47(59)9-6-20-58;/h7-8,10-19,21,26,33-38,47-49,71H,5-6,9,20,22-25,27-32,58-60H2,1-4H3;1H/q+1;/p-1/t36-,37?,38+,47-,48-,49-,55-;/m0./s1. The highest BCUT2D eigenvalue weighted by Crippen LogP contribution is 2.42. The second-order valence-electron chi connectivity index (χ2n) is 20.0. The number of ether oxygens (including phenoxy) is 5. The lowest BCUT2D eigenvalue weighted by Crippen LogP contribution is -3.00. The minimum Gasteiger partial charge on any atom is -1.00 e. The summed E-state index contributed by atoms with van der Waals surface area (Å²) in [5.41, 5.74) is 18.7. The number of anilines is 3. The average molecular weight is 1150 g/mol. The number of pyridine rings is 1. The maximum atomic E-state index is 15.7. The van der Waals surface area contributed by atoms with Gasteiger partial charge in [-0.05, 0) is 99.8 Å². The molecule has 1 unspecified atom stereocenters. The smallest absolute Gasteiger partial charge is 0.418 e. The highest BCUT2D eigenvalue weighted by molar-refractivity contribution is 5.86. The minimum absolute atomic E-state index is 0. The number of carbonyl (C=O) groups excluding carboxylic acids is 3. The summed E-state index contributed by atoms with van der Waals surface area (Å²) in [5.74, 6) is -2.14. The van der Waals surface area contributed by atoms with Crippen molar-refractivity contribution in [3.63, 3.8) is 0 Å². The molecule has 2 saturated heterocycles. The summed E-state index contributed by atoms with van der Waals surface area (Å²) < 4.78 is 65.1. The second-order valence-corrected chi connectivity index (χ2v) is 20.0. The molecule has 0 bridgehead atoms. The van der Waals surface area contributed by atoms with Gasteiger partial charge in [0, 0.05) is 85.9 Å². The lowest BCUT2D eigenvalue weighted by Gasteiger charge is -2.37. The maximum absolute atomic E-state index is 15.7. The Kier molecular flexibility index (Phi) is 20.9. The van der Waals surface area contributed by atoms with Crippen LogP contribution in [0.2, 0.25) is 0 Å². The molecule has 3 aromatic carbocycles. The SMILES string of the molecule is CC[C@@H]([C@H](C)OC(=O)[C@@H](N)CO)n1ncn(-c2ccc(N3CCN(c4ccc(OC[C@@H]5CO[C@@](Cn6c[n+](C(C)OC(=O)N(C)c7ncccc7COC(=O)[C@@H](N)CCCN)cn6)(c6ccc(F)cc6F)C5)cc4)CC3)cc2)c1=O.[Cl-]. The number of rotatable bonds is 24. The summed E-state index contributed by atoms with van der Waals surface area (Å²) >= 11 is 0. The lowest BCUT2D eigenvalue weighted by molar-refractivity contribution is -0.753. The predicted octanol–water partition coefficient (Wildman–Crippen LogP) is 0.636. The van der Waals surface area contributed by atoms with E-state index in [-0.39, 0.29) is 61.8 Å². The number of hydrogen-bond acceptors (Lipinski definition) is 18. The maximum Gasteiger partial charge on any atom is 0.418 e. The molecular weight excluding hydrogens is 1080 g/mol. The zero-order valence-corrected chi connectivity index (χ0v) is 46.4. The number of aliphatic hydroxyl groups excluding tert-OH is 1. The van der Waals surface area contributed by atoms with Crippen LogP contribution in [-0.2, 0) is 47.3 Å². The normalized spacial score (nSPS) is 18.0. The number of aromatic nitrogens is 7. The molecule has 7 N–H and O–H groups in total. The fourth-order valence-corrected chi connectivity index (χ4v) is 9.87. The van der Waals surface area contributed by atoms with E-state index in [1.165, 1.54) is 52.2 Å². The number of esters is 2. The molecule has 436 valence electrons. The first-order chi connectivity index (χ1) is 38.5. The summed E-state index contributed by atoms with van der Waals surface area (Å²) in [4.78, 5) is 61.7. The van der Waals surface area contributed by atoms with Gasteiger partial charge in [0.15, 0.2) is 0 Å². The molecule has 2 fully saturated rings. The molecule has 26 heteroatoms. The zero-order chi connectivity index (χ0) is 57.1. The van der Waals surface area contributed by atoms with Crippen LogP contribution >= 0.6 is 0 Å². The molecule has 2 aliphatic rings. The third-order valence-electron chi connectivity index (χ3n) is 14.4. The van der Waals surface area contributed by atoms with Gasteiger partial charge in [0.2, 0.25) is 12.6 Å². The van der Waals surface area contributed by atoms with Crippen molar-refractivity contribution in [3.05, 3.63) is 137 Å². The van der Waals surface area contributed by atoms with Crippen molar-refractivity contribution in [2.75, 3.05) is 74.3 Å². The summed E-state index contributed by atoms with van der Waals surface area (Å²) in [6, 6.07) is 19.7. The van der Waals surface area contributed by atoms with Crippen LogP contribution < -0.4 is 59.3 Å². The van der Waals surface area contributed by atoms with Gasteiger partial charge in [-0.15, -0.1) is 4.68 Å². The molecule has 1 amide bonds. The third kappa shape index (κ3) is 14.7. The molecule has 0 radical (unpaired) electrons. The van der Waals surface area contributed by atoms with E-state index in [2.05, 4.69) is 25.0 Å². The van der Waals surface area contributed by atoms with Gasteiger partial charge in [-0.25, -0.2) is 32.6 Å². The van der Waals surface area contributed by atoms with Crippen LogP contribution in [0.5, 0.6) is 5.75 Å². The van der Waals surface area contributed by atoms with Crippen LogP contribution in [-0.4, -0.2) is 130 Å². The first-order valence-corrected chi connectivity index (χ1v) is 26.6. The topological polar surface area (TPSA) is 280 Å². The zero-order valence-electron chi connectivity index (χ0n) is 45.6. The number of benzene rings is 3. The summed E-state index contributed by atoms with van der Waals surface area (Å²) in [5, 5.41) is 18.0. The number of carbonyl (C=O) groups is 3. The summed E-state index contributed by atoms with van der Waals surface area (Å²) in [7, 11) is 1.48. The van der Waals surface area contributed by atoms with Crippen LogP contribution in [0, 0.1) is 17.6 Å². The van der Waals surface area contributed by atoms with Crippen LogP contribution in [0.4, 0.5) is 30.8 Å². The van der Waals surface area contributed by atoms with E-state index in [0.29, 0.717) is 49.2 Å². The highest BCUT2D eigenvalue weighted by Gasteiger charge is 2.46. The predicted molar refractivity (Wildman–Crippen MR) is 289 cm³/mol. The van der Waals surface area contributed by atoms with E-state index in [9.17, 15) is 28.7 Å². The van der Waals surface area contributed by atoms with E-state index in [4.69, 9.17) is 40.9 Å². The average Bonchev–Trinajstić information content (AvgIpc) is 4.23. The molecule has 5 heterocycles. The molecule has 0 spiro atoms. The largest absolute Gasteiger partial charge is 1.00 e. The number of halogens is 3. The quantitative estimate of drug-likeness (QED) is 0.0368. The number of piperazine rings is 1. The van der Waals surface area contributed by atoms with E-state index < -0.39 is 72.3 Å². The number of nitrogens with two attached hydrogens (primary N) is 3. The fraction of sp³-hybridized carbons (Fsp3) is 0.455. The van der Waals surface area contributed by atoms with Crippen LogP contribution in [0.1, 0.15) is 69.9 Å². The molecule has 81 heavy (non-hydrogen) atoms. The molecule has 8 rings (SSSR count). The lowest BCUT2D eigenvalue weighted by atomic mass is 9.87. The van der Waals surface area contributed by atoms with Crippen LogP contribution in [0.15, 0.2) is 109 Å². The highest BCUT2D eigenvalue weighted by atomic mass is 35.5. The van der Waals surface area contributed by atoms with Gasteiger partial charge in [-0.2, -0.15) is 9.67 Å². The Morgan fingerprint density at radius 1 is 0.926 bits per heavy atom. The molecule has 7 atom stereocenters. The van der Waals surface area contributed by atoms with Gasteiger partial charge in [0.1, 0.15) is 66.5 Å². The van der Waals surface area contributed by atoms with Gasteiger partial charge in [-0.1, -0.05) is 19.1 Å². The van der Waals surface area contributed by atoms with Gasteiger partial charge in [0.25, 0.3) is 6.33 Å². The first-order valence-electron chi connectivity index (χ1n) is 26.6. The van der Waals surface area contributed by atoms with Crippen molar-refractivity contribution in [2.24, 2.45) is 23.1 Å². The van der Waals surface area contributed by atoms with Crippen molar-refractivity contribution in [2.45, 2.75) is 95.7 Å². The monoisotopic (exact) mass is 1150 g/mol. The Bertz CT molecular complexity index is 3110. The molecule has 2 aliphatic heterocycles. The van der Waals surface area contributed by atoms with Crippen molar-refractivity contribution in [1.29, 1.82) is 0 Å². The van der Waals surface area contributed by atoms with Crippen molar-refractivity contribution in [3.8, 4) is 11.4 Å². The van der Waals surface area contributed by atoms with E-state index in [1.54, 1.807) is 41.6 Å². The van der Waals surface area contributed by atoms with Crippen LogP contribution in [0.3, 0.4) is 0 Å². The molecular formula is C55H70ClF2N13O10. The van der Waals surface area contributed by atoms with Crippen molar-refractivity contribution < 1.29 is 68.9 Å². The first kappa shape index (κ1) is 61.1. The molecule has 6 aromatic rings. The molecule has 0 saturated carbocycles. The number of aliphatic hydroxyl groups is 1. The second kappa shape index (κ2) is 27.7. The molecule has 3 aromatic heterocycles. The van der Waals surface area contributed by atoms with Crippen molar-refractivity contribution >= 4 is 35.2 Å². The number of nitrogens with zero attached hydrogens (tertiary/aromatic N) is 10.